The van der Waals surface area contributed by atoms with Crippen molar-refractivity contribution in [3.63, 3.8) is 0 Å². The third-order valence-corrected chi connectivity index (χ3v) is 7.30. The summed E-state index contributed by atoms with van der Waals surface area (Å²) in [6, 6.07) is 5.63. The SMILES string of the molecule is Cc1cc(N2CCC(CCCO)CC2)c2c(C)c(C)n(-c3c(Cl)cc(Cl)cc3Cl)c2n1. The Morgan fingerprint density at radius 2 is 1.68 bits per heavy atom. The lowest BCUT2D eigenvalue weighted by atomic mass is 9.92. The predicted octanol–water partition coefficient (Wildman–Crippen LogP) is 6.90. The molecule has 0 bridgehead atoms. The summed E-state index contributed by atoms with van der Waals surface area (Å²) in [5.41, 5.74) is 6.03. The van der Waals surface area contributed by atoms with E-state index in [1.807, 2.05) is 6.92 Å². The van der Waals surface area contributed by atoms with Crippen LogP contribution in [0.3, 0.4) is 0 Å². The Morgan fingerprint density at radius 3 is 2.29 bits per heavy atom. The molecule has 0 amide bonds. The van der Waals surface area contributed by atoms with E-state index in [0.717, 1.165) is 66.9 Å². The monoisotopic (exact) mass is 479 g/mol. The van der Waals surface area contributed by atoms with Crippen molar-refractivity contribution < 1.29 is 5.11 Å². The molecule has 0 saturated carbocycles. The van der Waals surface area contributed by atoms with E-state index >= 15 is 0 Å². The number of piperidine rings is 1. The van der Waals surface area contributed by atoms with Crippen LogP contribution in [0.4, 0.5) is 5.69 Å². The molecule has 2 aromatic heterocycles. The number of aliphatic hydroxyl groups is 1. The van der Waals surface area contributed by atoms with Crippen LogP contribution >= 0.6 is 34.8 Å². The number of hydrogen-bond donors (Lipinski definition) is 1. The highest BCUT2D eigenvalue weighted by atomic mass is 35.5. The van der Waals surface area contributed by atoms with Gasteiger partial charge in [0, 0.05) is 47.2 Å². The number of hydrogen-bond acceptors (Lipinski definition) is 3. The Hall–Kier alpha value is -1.46. The van der Waals surface area contributed by atoms with Gasteiger partial charge in [-0.15, -0.1) is 0 Å². The minimum Gasteiger partial charge on any atom is -0.396 e. The fraction of sp³-hybridized carbons (Fsp3) is 0.458. The van der Waals surface area contributed by atoms with Crippen molar-refractivity contribution in [1.82, 2.24) is 9.55 Å². The summed E-state index contributed by atoms with van der Waals surface area (Å²) in [4.78, 5) is 7.39. The lowest BCUT2D eigenvalue weighted by molar-refractivity contribution is 0.261. The number of aliphatic hydroxyl groups excluding tert-OH is 1. The smallest absolute Gasteiger partial charge is 0.147 e. The predicted molar refractivity (Wildman–Crippen MR) is 132 cm³/mol. The molecule has 4 nitrogen and oxygen atoms in total. The molecule has 0 atom stereocenters. The number of benzene rings is 1. The van der Waals surface area contributed by atoms with E-state index in [1.165, 1.54) is 11.3 Å². The van der Waals surface area contributed by atoms with Crippen LogP contribution in [-0.2, 0) is 0 Å². The van der Waals surface area contributed by atoms with E-state index in [2.05, 4.69) is 29.4 Å². The second-order valence-electron chi connectivity index (χ2n) is 8.54. The van der Waals surface area contributed by atoms with Gasteiger partial charge >= 0.3 is 0 Å². The average Bonchev–Trinajstić information content (AvgIpc) is 2.96. The zero-order valence-electron chi connectivity index (χ0n) is 18.2. The highest BCUT2D eigenvalue weighted by Crippen LogP contribution is 2.41. The van der Waals surface area contributed by atoms with Crippen molar-refractivity contribution in [3.8, 4) is 5.69 Å². The van der Waals surface area contributed by atoms with Crippen LogP contribution in [0.15, 0.2) is 18.2 Å². The molecule has 0 unspecified atom stereocenters. The molecule has 1 aromatic carbocycles. The minimum absolute atomic E-state index is 0.284. The molecular weight excluding hydrogens is 453 g/mol. The van der Waals surface area contributed by atoms with Gasteiger partial charge in [0.2, 0.25) is 0 Å². The number of anilines is 1. The first-order chi connectivity index (χ1) is 14.8. The van der Waals surface area contributed by atoms with E-state index in [1.54, 1.807) is 12.1 Å². The molecule has 166 valence electrons. The largest absolute Gasteiger partial charge is 0.396 e. The fourth-order valence-corrected chi connectivity index (χ4v) is 5.77. The van der Waals surface area contributed by atoms with Crippen LogP contribution in [0, 0.1) is 26.7 Å². The van der Waals surface area contributed by atoms with Crippen LogP contribution in [0.1, 0.15) is 42.6 Å². The number of halogens is 3. The van der Waals surface area contributed by atoms with Crippen molar-refractivity contribution in [3.05, 3.63) is 50.2 Å². The van der Waals surface area contributed by atoms with E-state index < -0.39 is 0 Å². The highest BCUT2D eigenvalue weighted by molar-refractivity contribution is 6.40. The number of rotatable bonds is 5. The Bertz CT molecular complexity index is 1090. The first-order valence-electron chi connectivity index (χ1n) is 10.8. The van der Waals surface area contributed by atoms with Crippen LogP contribution < -0.4 is 4.90 Å². The maximum Gasteiger partial charge on any atom is 0.147 e. The molecule has 1 aliphatic rings. The maximum atomic E-state index is 9.14. The van der Waals surface area contributed by atoms with E-state index in [4.69, 9.17) is 44.9 Å². The topological polar surface area (TPSA) is 41.3 Å². The molecule has 7 heteroatoms. The quantitative estimate of drug-likeness (QED) is 0.432. The summed E-state index contributed by atoms with van der Waals surface area (Å²) in [7, 11) is 0. The van der Waals surface area contributed by atoms with E-state index in [9.17, 15) is 0 Å². The van der Waals surface area contributed by atoms with Crippen molar-refractivity contribution >= 4 is 51.5 Å². The third kappa shape index (κ3) is 4.28. The molecule has 31 heavy (non-hydrogen) atoms. The van der Waals surface area contributed by atoms with Gasteiger partial charge in [-0.1, -0.05) is 34.8 Å². The normalized spacial score (nSPS) is 15.3. The van der Waals surface area contributed by atoms with Crippen molar-refractivity contribution in [2.45, 2.75) is 46.5 Å². The standard InChI is InChI=1S/C24H28Cl3N3O/c1-14-11-21(29-8-6-17(7-9-29)5-4-10-31)22-15(2)16(3)30(24(22)28-14)23-19(26)12-18(25)13-20(23)27/h11-13,17,31H,4-10H2,1-3H3. The molecule has 1 saturated heterocycles. The molecule has 1 N–H and O–H groups in total. The summed E-state index contributed by atoms with van der Waals surface area (Å²) >= 11 is 19.3. The molecule has 1 aliphatic heterocycles. The number of fused-ring (bicyclic) bond motifs is 1. The molecule has 4 rings (SSSR count). The molecule has 0 aliphatic carbocycles. The molecule has 3 aromatic rings. The average molecular weight is 481 g/mol. The first-order valence-corrected chi connectivity index (χ1v) is 11.9. The molecule has 1 fully saturated rings. The van der Waals surface area contributed by atoms with Gasteiger partial charge in [0.25, 0.3) is 0 Å². The van der Waals surface area contributed by atoms with E-state index in [-0.39, 0.29) is 6.61 Å². The second kappa shape index (κ2) is 9.19. The van der Waals surface area contributed by atoms with Gasteiger partial charge in [0.1, 0.15) is 5.65 Å². The Kier molecular flexibility index (Phi) is 6.73. The van der Waals surface area contributed by atoms with Gasteiger partial charge in [-0.2, -0.15) is 0 Å². The molecular formula is C24H28Cl3N3O. The Morgan fingerprint density at radius 1 is 1.03 bits per heavy atom. The molecule has 0 radical (unpaired) electrons. The molecule has 3 heterocycles. The van der Waals surface area contributed by atoms with Crippen LogP contribution in [0.5, 0.6) is 0 Å². The lowest BCUT2D eigenvalue weighted by Crippen LogP contribution is -2.34. The van der Waals surface area contributed by atoms with Crippen LogP contribution in [0.25, 0.3) is 16.7 Å². The number of aromatic nitrogens is 2. The minimum atomic E-state index is 0.284. The fourth-order valence-electron chi connectivity index (χ4n) is 4.78. The summed E-state index contributed by atoms with van der Waals surface area (Å²) < 4.78 is 2.07. The summed E-state index contributed by atoms with van der Waals surface area (Å²) in [5, 5.41) is 11.8. The van der Waals surface area contributed by atoms with Gasteiger partial charge in [-0.05, 0) is 76.1 Å². The summed E-state index contributed by atoms with van der Waals surface area (Å²) in [6.45, 7) is 8.57. The van der Waals surface area contributed by atoms with Gasteiger partial charge in [-0.3, -0.25) is 4.57 Å². The molecule has 0 spiro atoms. The van der Waals surface area contributed by atoms with Crippen molar-refractivity contribution in [2.75, 3.05) is 24.6 Å². The third-order valence-electron chi connectivity index (χ3n) is 6.50. The Labute approximate surface area is 198 Å². The van der Waals surface area contributed by atoms with E-state index in [0.29, 0.717) is 21.0 Å². The van der Waals surface area contributed by atoms with Crippen LogP contribution in [-0.4, -0.2) is 34.4 Å². The van der Waals surface area contributed by atoms with Crippen molar-refractivity contribution in [2.24, 2.45) is 5.92 Å². The van der Waals surface area contributed by atoms with Gasteiger partial charge in [-0.25, -0.2) is 4.98 Å². The number of nitrogens with zero attached hydrogens (tertiary/aromatic N) is 3. The second-order valence-corrected chi connectivity index (χ2v) is 9.79. The highest BCUT2D eigenvalue weighted by Gasteiger charge is 2.25. The lowest BCUT2D eigenvalue weighted by Gasteiger charge is -2.34. The Balaban J connectivity index is 1.82. The number of aryl methyl sites for hydroxylation is 2. The zero-order chi connectivity index (χ0) is 22.3. The zero-order valence-corrected chi connectivity index (χ0v) is 20.4. The maximum absolute atomic E-state index is 9.14. The van der Waals surface area contributed by atoms with Crippen molar-refractivity contribution in [1.29, 1.82) is 0 Å². The number of pyridine rings is 1. The summed E-state index contributed by atoms with van der Waals surface area (Å²) in [5.74, 6) is 0.695. The first kappa shape index (κ1) is 22.7. The van der Waals surface area contributed by atoms with Gasteiger partial charge in [0.15, 0.2) is 0 Å². The van der Waals surface area contributed by atoms with Crippen LogP contribution in [0.2, 0.25) is 15.1 Å². The summed E-state index contributed by atoms with van der Waals surface area (Å²) in [6.07, 6.45) is 4.30. The van der Waals surface area contributed by atoms with Gasteiger partial charge in [0.05, 0.1) is 15.7 Å². The van der Waals surface area contributed by atoms with Gasteiger partial charge < -0.3 is 10.0 Å².